The van der Waals surface area contributed by atoms with Crippen LogP contribution in [-0.2, 0) is 0 Å². The Hall–Kier alpha value is -1.16. The molecule has 1 aromatic rings. The second-order valence-corrected chi connectivity index (χ2v) is 7.23. The first-order valence-electron chi connectivity index (χ1n) is 6.18. The molecule has 1 aromatic carbocycles. The van der Waals surface area contributed by atoms with Crippen LogP contribution in [0.5, 0.6) is 0 Å². The summed E-state index contributed by atoms with van der Waals surface area (Å²) in [4.78, 5) is 14.4. The lowest BCUT2D eigenvalue weighted by molar-refractivity contribution is 0.0749. The molecule has 2 rings (SSSR count). The topological polar surface area (TPSA) is 46.3 Å². The minimum atomic E-state index is 0.0598. The quantitative estimate of drug-likeness (QED) is 0.793. The van der Waals surface area contributed by atoms with E-state index in [-0.39, 0.29) is 10.7 Å². The maximum Gasteiger partial charge on any atom is 0.256 e. The number of nitrogen functional groups attached to an aromatic ring is 1. The number of benzene rings is 1. The van der Waals surface area contributed by atoms with Gasteiger partial charge in [-0.3, -0.25) is 4.79 Å². The molecule has 1 heterocycles. The third-order valence-corrected chi connectivity index (χ3v) is 4.45. The summed E-state index contributed by atoms with van der Waals surface area (Å²) in [5.74, 6) is 1.05. The van der Waals surface area contributed by atoms with Crippen LogP contribution in [0.25, 0.3) is 0 Å². The number of nitrogens with zero attached hydrogens (tertiary/aromatic N) is 1. The third kappa shape index (κ3) is 2.80. The van der Waals surface area contributed by atoms with E-state index >= 15 is 0 Å². The highest BCUT2D eigenvalue weighted by molar-refractivity contribution is 8.00. The fourth-order valence-electron chi connectivity index (χ4n) is 2.22. The first-order chi connectivity index (χ1) is 8.39. The highest BCUT2D eigenvalue weighted by Gasteiger charge is 2.30. The summed E-state index contributed by atoms with van der Waals surface area (Å²) in [6, 6.07) is 5.63. The predicted octanol–water partition coefficient (Wildman–Crippen LogP) is 2.54. The maximum atomic E-state index is 12.5. The second-order valence-electron chi connectivity index (χ2n) is 5.43. The number of hydrogen-bond acceptors (Lipinski definition) is 3. The highest BCUT2D eigenvalue weighted by Crippen LogP contribution is 2.30. The number of hydrogen-bond donors (Lipinski definition) is 1. The molecule has 0 aliphatic carbocycles. The Morgan fingerprint density at radius 2 is 2.17 bits per heavy atom. The predicted molar refractivity (Wildman–Crippen MR) is 78.0 cm³/mol. The van der Waals surface area contributed by atoms with Gasteiger partial charge in [-0.1, -0.05) is 11.6 Å². The molecular weight excluding hydrogens is 244 g/mol. The summed E-state index contributed by atoms with van der Waals surface area (Å²) in [6.07, 6.45) is 0. The van der Waals surface area contributed by atoms with Crippen molar-refractivity contribution in [3.05, 3.63) is 29.3 Å². The lowest BCUT2D eigenvalue weighted by atomic mass is 10.1. The Kier molecular flexibility index (Phi) is 3.57. The van der Waals surface area contributed by atoms with Crippen LogP contribution in [0, 0.1) is 6.92 Å². The van der Waals surface area contributed by atoms with Crippen LogP contribution in [0.3, 0.4) is 0 Å². The van der Waals surface area contributed by atoms with Crippen molar-refractivity contribution in [2.24, 2.45) is 0 Å². The van der Waals surface area contributed by atoms with Gasteiger partial charge in [-0.2, -0.15) is 11.8 Å². The van der Waals surface area contributed by atoms with E-state index < -0.39 is 0 Å². The minimum absolute atomic E-state index is 0.0598. The standard InChI is InChI=1S/C14H20N2OS/c1-10-4-5-12(15)11(8-10)13(17)16-6-7-18-14(2,3)9-16/h4-5,8H,6-7,9,15H2,1-3H3. The fraction of sp³-hybridized carbons (Fsp3) is 0.500. The molecular formula is C14H20N2OS. The number of anilines is 1. The Labute approximate surface area is 113 Å². The number of aryl methyl sites for hydroxylation is 1. The first-order valence-corrected chi connectivity index (χ1v) is 7.17. The first kappa shape index (κ1) is 13.3. The summed E-state index contributed by atoms with van der Waals surface area (Å²) in [6.45, 7) is 7.92. The molecule has 1 amide bonds. The number of nitrogens with two attached hydrogens (primary N) is 1. The molecule has 0 unspecified atom stereocenters. The van der Waals surface area contributed by atoms with Gasteiger partial charge in [-0.25, -0.2) is 0 Å². The SMILES string of the molecule is Cc1ccc(N)c(C(=O)N2CCSC(C)(C)C2)c1. The third-order valence-electron chi connectivity index (χ3n) is 3.15. The summed E-state index contributed by atoms with van der Waals surface area (Å²) >= 11 is 1.92. The molecule has 4 heteroatoms. The summed E-state index contributed by atoms with van der Waals surface area (Å²) in [5, 5.41) is 0. The van der Waals surface area contributed by atoms with Gasteiger partial charge < -0.3 is 10.6 Å². The van der Waals surface area contributed by atoms with Crippen LogP contribution < -0.4 is 5.73 Å². The zero-order valence-electron chi connectivity index (χ0n) is 11.2. The zero-order chi connectivity index (χ0) is 13.3. The van der Waals surface area contributed by atoms with E-state index in [1.165, 1.54) is 0 Å². The Bertz CT molecular complexity index is 471. The molecule has 0 spiro atoms. The van der Waals surface area contributed by atoms with Crippen LogP contribution >= 0.6 is 11.8 Å². The van der Waals surface area contributed by atoms with Gasteiger partial charge in [0.1, 0.15) is 0 Å². The molecule has 0 aromatic heterocycles. The van der Waals surface area contributed by atoms with Crippen molar-refractivity contribution in [2.45, 2.75) is 25.5 Å². The van der Waals surface area contributed by atoms with Crippen molar-refractivity contribution in [1.29, 1.82) is 0 Å². The van der Waals surface area contributed by atoms with Crippen LogP contribution in [0.15, 0.2) is 18.2 Å². The Morgan fingerprint density at radius 1 is 1.44 bits per heavy atom. The normalized spacial score (nSPS) is 18.7. The van der Waals surface area contributed by atoms with Crippen molar-refractivity contribution in [2.75, 3.05) is 24.6 Å². The van der Waals surface area contributed by atoms with Gasteiger partial charge in [0.05, 0.1) is 5.56 Å². The molecule has 1 saturated heterocycles. The van der Waals surface area contributed by atoms with Gasteiger partial charge >= 0.3 is 0 Å². The lowest BCUT2D eigenvalue weighted by Crippen LogP contribution is -2.46. The summed E-state index contributed by atoms with van der Waals surface area (Å²) < 4.78 is 0.131. The number of carbonyl (C=O) groups is 1. The summed E-state index contributed by atoms with van der Waals surface area (Å²) in [5.41, 5.74) is 8.19. The average Bonchev–Trinajstić information content (AvgIpc) is 2.30. The van der Waals surface area contributed by atoms with Gasteiger partial charge in [-0.05, 0) is 32.9 Å². The highest BCUT2D eigenvalue weighted by atomic mass is 32.2. The summed E-state index contributed by atoms with van der Waals surface area (Å²) in [7, 11) is 0. The van der Waals surface area contributed by atoms with Gasteiger partial charge in [0.25, 0.3) is 5.91 Å². The van der Waals surface area contributed by atoms with E-state index in [4.69, 9.17) is 5.73 Å². The molecule has 1 aliphatic rings. The second kappa shape index (κ2) is 4.84. The van der Waals surface area contributed by atoms with Crippen molar-refractivity contribution >= 4 is 23.4 Å². The van der Waals surface area contributed by atoms with Gasteiger partial charge in [-0.15, -0.1) is 0 Å². The number of rotatable bonds is 1. The lowest BCUT2D eigenvalue weighted by Gasteiger charge is -2.37. The molecule has 98 valence electrons. The fourth-order valence-corrected chi connectivity index (χ4v) is 3.33. The maximum absolute atomic E-state index is 12.5. The van der Waals surface area contributed by atoms with E-state index in [1.54, 1.807) is 0 Å². The van der Waals surface area contributed by atoms with E-state index in [1.807, 2.05) is 41.8 Å². The molecule has 18 heavy (non-hydrogen) atoms. The van der Waals surface area contributed by atoms with E-state index in [9.17, 15) is 4.79 Å². The molecule has 2 N–H and O–H groups in total. The van der Waals surface area contributed by atoms with Crippen molar-refractivity contribution in [3.8, 4) is 0 Å². The van der Waals surface area contributed by atoms with Crippen LogP contribution in [-0.4, -0.2) is 34.4 Å². The van der Waals surface area contributed by atoms with Crippen LogP contribution in [0.2, 0.25) is 0 Å². The van der Waals surface area contributed by atoms with Gasteiger partial charge in [0.2, 0.25) is 0 Å². The molecule has 1 aliphatic heterocycles. The average molecular weight is 264 g/mol. The van der Waals surface area contributed by atoms with E-state index in [0.29, 0.717) is 11.3 Å². The molecule has 3 nitrogen and oxygen atoms in total. The number of amides is 1. The van der Waals surface area contributed by atoms with Crippen molar-refractivity contribution in [3.63, 3.8) is 0 Å². The monoisotopic (exact) mass is 264 g/mol. The molecule has 0 radical (unpaired) electrons. The largest absolute Gasteiger partial charge is 0.398 e. The Balaban J connectivity index is 2.23. The van der Waals surface area contributed by atoms with Crippen LogP contribution in [0.4, 0.5) is 5.69 Å². The molecule has 1 fully saturated rings. The molecule has 0 atom stereocenters. The zero-order valence-corrected chi connectivity index (χ0v) is 12.0. The smallest absolute Gasteiger partial charge is 0.256 e. The Morgan fingerprint density at radius 3 is 2.83 bits per heavy atom. The molecule has 0 bridgehead atoms. The molecule has 0 saturated carbocycles. The van der Waals surface area contributed by atoms with Crippen LogP contribution in [0.1, 0.15) is 29.8 Å². The van der Waals surface area contributed by atoms with Crippen molar-refractivity contribution in [1.82, 2.24) is 4.90 Å². The van der Waals surface area contributed by atoms with Gasteiger partial charge in [0, 0.05) is 29.3 Å². The minimum Gasteiger partial charge on any atom is -0.398 e. The van der Waals surface area contributed by atoms with E-state index in [0.717, 1.165) is 24.4 Å². The number of carbonyl (C=O) groups excluding carboxylic acids is 1. The number of thioether (sulfide) groups is 1. The van der Waals surface area contributed by atoms with Gasteiger partial charge in [0.15, 0.2) is 0 Å². The van der Waals surface area contributed by atoms with Crippen molar-refractivity contribution < 1.29 is 4.79 Å². The van der Waals surface area contributed by atoms with E-state index in [2.05, 4.69) is 13.8 Å².